The third-order valence-electron chi connectivity index (χ3n) is 3.52. The molecule has 0 aromatic heterocycles. The van der Waals surface area contributed by atoms with Gasteiger partial charge in [0.2, 0.25) is 0 Å². The monoisotopic (exact) mass is 217 g/mol. The van der Waals surface area contributed by atoms with E-state index in [1.54, 1.807) is 21.3 Å². The lowest BCUT2D eigenvalue weighted by atomic mass is 9.64. The second-order valence-electron chi connectivity index (χ2n) is 4.64. The van der Waals surface area contributed by atoms with Crippen molar-refractivity contribution in [3.05, 3.63) is 0 Å². The lowest BCUT2D eigenvalue weighted by Gasteiger charge is -2.51. The van der Waals surface area contributed by atoms with Crippen molar-refractivity contribution < 1.29 is 14.2 Å². The maximum atomic E-state index is 5.39. The molecule has 0 bridgehead atoms. The highest BCUT2D eigenvalue weighted by Crippen LogP contribution is 2.42. The van der Waals surface area contributed by atoms with Crippen molar-refractivity contribution in [3.8, 4) is 0 Å². The van der Waals surface area contributed by atoms with Crippen LogP contribution in [0.25, 0.3) is 0 Å². The zero-order valence-electron chi connectivity index (χ0n) is 10.4. The average molecular weight is 217 g/mol. The van der Waals surface area contributed by atoms with Crippen LogP contribution in [0.4, 0.5) is 0 Å². The van der Waals surface area contributed by atoms with Crippen LogP contribution in [0.3, 0.4) is 0 Å². The van der Waals surface area contributed by atoms with Crippen molar-refractivity contribution in [1.29, 1.82) is 0 Å². The van der Waals surface area contributed by atoms with Crippen LogP contribution in [-0.4, -0.2) is 46.3 Å². The Bertz CT molecular complexity index is 192. The number of nitrogens with one attached hydrogen (secondary N) is 1. The van der Waals surface area contributed by atoms with E-state index in [-0.39, 0.29) is 11.7 Å². The molecule has 0 radical (unpaired) electrons. The molecule has 4 nitrogen and oxygen atoms in total. The van der Waals surface area contributed by atoms with E-state index >= 15 is 0 Å². The summed E-state index contributed by atoms with van der Waals surface area (Å²) in [4.78, 5) is 0. The topological polar surface area (TPSA) is 39.7 Å². The number of rotatable bonds is 6. The van der Waals surface area contributed by atoms with Gasteiger partial charge < -0.3 is 19.5 Å². The predicted octanol–water partition coefficient (Wildman–Crippen LogP) is 1.01. The van der Waals surface area contributed by atoms with Gasteiger partial charge in [0.25, 0.3) is 0 Å². The summed E-state index contributed by atoms with van der Waals surface area (Å²) in [6.07, 6.45) is 1.25. The van der Waals surface area contributed by atoms with Gasteiger partial charge in [0, 0.05) is 39.3 Å². The zero-order valence-corrected chi connectivity index (χ0v) is 10.4. The van der Waals surface area contributed by atoms with E-state index in [0.717, 1.165) is 13.0 Å². The van der Waals surface area contributed by atoms with Crippen molar-refractivity contribution >= 4 is 0 Å². The highest BCUT2D eigenvalue weighted by atomic mass is 16.7. The summed E-state index contributed by atoms with van der Waals surface area (Å²) in [5, 5.41) is 3.45. The molecular formula is C11H23NO3. The number of methoxy groups -OCH3 is 3. The zero-order chi connectivity index (χ0) is 11.5. The van der Waals surface area contributed by atoms with Crippen molar-refractivity contribution in [2.24, 2.45) is 5.41 Å². The first-order valence-corrected chi connectivity index (χ1v) is 5.38. The quantitative estimate of drug-likeness (QED) is 0.674. The molecule has 90 valence electrons. The Labute approximate surface area is 92.3 Å². The third-order valence-corrected chi connectivity index (χ3v) is 3.52. The van der Waals surface area contributed by atoms with Gasteiger partial charge in [-0.25, -0.2) is 0 Å². The molecule has 2 unspecified atom stereocenters. The Morgan fingerprint density at radius 3 is 2.27 bits per heavy atom. The van der Waals surface area contributed by atoms with Crippen LogP contribution in [0.1, 0.15) is 20.3 Å². The number of hydrogen-bond acceptors (Lipinski definition) is 4. The molecule has 0 heterocycles. The molecule has 1 N–H and O–H groups in total. The first-order chi connectivity index (χ1) is 7.06. The second kappa shape index (κ2) is 5.25. The molecule has 15 heavy (non-hydrogen) atoms. The van der Waals surface area contributed by atoms with Crippen LogP contribution in [0, 0.1) is 5.41 Å². The van der Waals surface area contributed by atoms with Gasteiger partial charge in [-0.05, 0) is 6.42 Å². The molecule has 1 aliphatic rings. The maximum absolute atomic E-state index is 5.39. The van der Waals surface area contributed by atoms with E-state index in [9.17, 15) is 0 Å². The van der Waals surface area contributed by atoms with Gasteiger partial charge in [0.15, 0.2) is 6.29 Å². The maximum Gasteiger partial charge on any atom is 0.169 e. The van der Waals surface area contributed by atoms with Crippen LogP contribution >= 0.6 is 0 Å². The Morgan fingerprint density at radius 2 is 1.87 bits per heavy atom. The number of hydrogen-bond donors (Lipinski definition) is 1. The molecule has 0 spiro atoms. The van der Waals surface area contributed by atoms with Gasteiger partial charge in [0.1, 0.15) is 0 Å². The molecule has 0 saturated heterocycles. The number of ether oxygens (including phenoxy) is 3. The summed E-state index contributed by atoms with van der Waals surface area (Å²) in [6.45, 7) is 5.16. The SMILES string of the molecule is COC(CNC1CC(OC)C1(C)C)OC. The van der Waals surface area contributed by atoms with Crippen LogP contribution in [0.5, 0.6) is 0 Å². The van der Waals surface area contributed by atoms with Gasteiger partial charge in [-0.3, -0.25) is 0 Å². The molecule has 0 aromatic rings. The molecule has 1 rings (SSSR count). The van der Waals surface area contributed by atoms with Gasteiger partial charge >= 0.3 is 0 Å². The summed E-state index contributed by atoms with van der Waals surface area (Å²) >= 11 is 0. The van der Waals surface area contributed by atoms with E-state index in [1.807, 2.05) is 0 Å². The summed E-state index contributed by atoms with van der Waals surface area (Å²) in [7, 11) is 5.08. The van der Waals surface area contributed by atoms with Crippen LogP contribution in [-0.2, 0) is 14.2 Å². The molecule has 1 fully saturated rings. The van der Waals surface area contributed by atoms with Gasteiger partial charge in [-0.15, -0.1) is 0 Å². The summed E-state index contributed by atoms with van der Waals surface area (Å²) in [5.74, 6) is 0. The fraction of sp³-hybridized carbons (Fsp3) is 1.00. The largest absolute Gasteiger partial charge is 0.381 e. The molecular weight excluding hydrogens is 194 g/mol. The Hall–Kier alpha value is -0.160. The Kier molecular flexibility index (Phi) is 4.52. The average Bonchev–Trinajstić information content (AvgIpc) is 2.22. The van der Waals surface area contributed by atoms with Crippen molar-refractivity contribution in [2.45, 2.75) is 38.7 Å². The second-order valence-corrected chi connectivity index (χ2v) is 4.64. The molecule has 0 aliphatic heterocycles. The molecule has 4 heteroatoms. The van der Waals surface area contributed by atoms with E-state index < -0.39 is 0 Å². The predicted molar refractivity (Wildman–Crippen MR) is 58.8 cm³/mol. The van der Waals surface area contributed by atoms with Gasteiger partial charge in [0.05, 0.1) is 6.10 Å². The summed E-state index contributed by atoms with van der Waals surface area (Å²) in [6, 6.07) is 0.482. The Balaban J connectivity index is 2.30. The van der Waals surface area contributed by atoms with Crippen LogP contribution in [0.2, 0.25) is 0 Å². The Morgan fingerprint density at radius 1 is 1.27 bits per heavy atom. The normalized spacial score (nSPS) is 29.2. The van der Waals surface area contributed by atoms with Crippen molar-refractivity contribution in [2.75, 3.05) is 27.9 Å². The minimum absolute atomic E-state index is 0.164. The molecule has 1 saturated carbocycles. The van der Waals surface area contributed by atoms with Crippen LogP contribution < -0.4 is 5.32 Å². The summed E-state index contributed by atoms with van der Waals surface area (Å²) in [5.41, 5.74) is 0.195. The van der Waals surface area contributed by atoms with E-state index in [0.29, 0.717) is 12.1 Å². The fourth-order valence-corrected chi connectivity index (χ4v) is 2.13. The van der Waals surface area contributed by atoms with E-state index in [1.165, 1.54) is 0 Å². The minimum atomic E-state index is -0.164. The van der Waals surface area contributed by atoms with Crippen molar-refractivity contribution in [1.82, 2.24) is 5.32 Å². The lowest BCUT2D eigenvalue weighted by Crippen LogP contribution is -2.61. The minimum Gasteiger partial charge on any atom is -0.381 e. The van der Waals surface area contributed by atoms with Gasteiger partial charge in [-0.2, -0.15) is 0 Å². The highest BCUT2D eigenvalue weighted by molar-refractivity contribution is 5.02. The first kappa shape index (κ1) is 12.9. The highest BCUT2D eigenvalue weighted by Gasteiger charge is 2.48. The van der Waals surface area contributed by atoms with E-state index in [4.69, 9.17) is 14.2 Å². The first-order valence-electron chi connectivity index (χ1n) is 5.38. The smallest absolute Gasteiger partial charge is 0.169 e. The van der Waals surface area contributed by atoms with E-state index in [2.05, 4.69) is 19.2 Å². The third kappa shape index (κ3) is 2.69. The molecule has 2 atom stereocenters. The molecule has 0 amide bonds. The van der Waals surface area contributed by atoms with Crippen LogP contribution in [0.15, 0.2) is 0 Å². The summed E-state index contributed by atoms with van der Waals surface area (Å²) < 4.78 is 15.6. The molecule has 0 aromatic carbocycles. The standard InChI is InChI=1S/C11H23NO3/c1-11(2)8(6-9(11)13-3)12-7-10(14-4)15-5/h8-10,12H,6-7H2,1-5H3. The lowest BCUT2D eigenvalue weighted by molar-refractivity contribution is -0.124. The van der Waals surface area contributed by atoms with Crippen molar-refractivity contribution in [3.63, 3.8) is 0 Å². The van der Waals surface area contributed by atoms with Gasteiger partial charge in [-0.1, -0.05) is 13.8 Å². The molecule has 1 aliphatic carbocycles. The fourth-order valence-electron chi connectivity index (χ4n) is 2.13.